The average molecular weight is 841 g/mol. The molecule has 13 heteroatoms. The molecule has 0 spiro atoms. The molecule has 1 aliphatic rings. The van der Waals surface area contributed by atoms with E-state index in [1.54, 1.807) is 0 Å². The van der Waals surface area contributed by atoms with Gasteiger partial charge in [0.15, 0.2) is 12.4 Å². The second kappa shape index (κ2) is 35.1. The van der Waals surface area contributed by atoms with Crippen molar-refractivity contribution in [3.8, 4) is 0 Å². The zero-order valence-electron chi connectivity index (χ0n) is 35.4. The number of ether oxygens (including phenoxy) is 4. The molecule has 0 aliphatic carbocycles. The molecule has 1 aliphatic heterocycles. The number of aliphatic hydroxyl groups excluding tert-OH is 3. The molecule has 0 aromatic carbocycles. The van der Waals surface area contributed by atoms with Gasteiger partial charge < -0.3 is 34.3 Å². The van der Waals surface area contributed by atoms with Crippen molar-refractivity contribution in [1.82, 2.24) is 0 Å². The Hall–Kier alpha value is -2.65. The van der Waals surface area contributed by atoms with Crippen LogP contribution in [0.3, 0.4) is 0 Å². The Balaban J connectivity index is 2.46. The quantitative estimate of drug-likeness (QED) is 0.0207. The summed E-state index contributed by atoms with van der Waals surface area (Å²) >= 11 is 0. The van der Waals surface area contributed by atoms with Gasteiger partial charge in [0, 0.05) is 12.8 Å². The van der Waals surface area contributed by atoms with Gasteiger partial charge in [0.25, 0.3) is 10.1 Å². The minimum absolute atomic E-state index is 0.144. The van der Waals surface area contributed by atoms with Crippen molar-refractivity contribution in [3.63, 3.8) is 0 Å². The third kappa shape index (κ3) is 29.5. The summed E-state index contributed by atoms with van der Waals surface area (Å²) in [5.74, 6) is -2.02. The molecule has 0 radical (unpaired) electrons. The summed E-state index contributed by atoms with van der Waals surface area (Å²) in [6.45, 7) is 3.57. The Labute approximate surface area is 349 Å². The summed E-state index contributed by atoms with van der Waals surface area (Å²) in [5, 5.41) is 30.8. The molecule has 0 aromatic heterocycles. The molecule has 0 saturated carbocycles. The van der Waals surface area contributed by atoms with Gasteiger partial charge in [-0.1, -0.05) is 132 Å². The van der Waals surface area contributed by atoms with Crippen molar-refractivity contribution in [2.45, 2.75) is 192 Å². The van der Waals surface area contributed by atoms with E-state index in [0.29, 0.717) is 12.8 Å². The van der Waals surface area contributed by atoms with E-state index in [9.17, 15) is 37.9 Å². The van der Waals surface area contributed by atoms with Crippen LogP contribution in [0.5, 0.6) is 0 Å². The smallest absolute Gasteiger partial charge is 0.306 e. The van der Waals surface area contributed by atoms with Crippen LogP contribution in [-0.4, -0.2) is 96.0 Å². The first-order valence-electron chi connectivity index (χ1n) is 21.8. The molecule has 1 fully saturated rings. The van der Waals surface area contributed by atoms with Gasteiger partial charge in [-0.25, -0.2) is 0 Å². The summed E-state index contributed by atoms with van der Waals surface area (Å²) in [6.07, 6.45) is 32.7. The molecule has 1 saturated heterocycles. The van der Waals surface area contributed by atoms with Crippen molar-refractivity contribution < 1.29 is 56.8 Å². The van der Waals surface area contributed by atoms with Crippen LogP contribution in [0, 0.1) is 0 Å². The third-order valence-electron chi connectivity index (χ3n) is 9.58. The summed E-state index contributed by atoms with van der Waals surface area (Å²) in [7, 11) is -4.61. The van der Waals surface area contributed by atoms with E-state index in [-0.39, 0.29) is 19.4 Å². The Morgan fingerprint density at radius 1 is 0.603 bits per heavy atom. The van der Waals surface area contributed by atoms with Crippen LogP contribution < -0.4 is 0 Å². The SMILES string of the molecule is CC/C=C\C/C=C\C/C=C\C/C=C\CCCCCCCCC(=O)OC(COC(=O)CCCCCCC/C=C\CCCC)COC1OC(CS(=O)(=O)O)C(O)C(O)C1O. The first-order chi connectivity index (χ1) is 28.0. The van der Waals surface area contributed by atoms with E-state index in [0.717, 1.165) is 103 Å². The van der Waals surface area contributed by atoms with Gasteiger partial charge in [0.2, 0.25) is 0 Å². The van der Waals surface area contributed by atoms with Crippen molar-refractivity contribution in [2.75, 3.05) is 19.0 Å². The number of allylic oxidation sites excluding steroid dienone is 10. The highest BCUT2D eigenvalue weighted by Crippen LogP contribution is 2.24. The molecule has 1 heterocycles. The second-order valence-electron chi connectivity index (χ2n) is 15.0. The predicted molar refractivity (Wildman–Crippen MR) is 229 cm³/mol. The Bertz CT molecular complexity index is 1310. The van der Waals surface area contributed by atoms with E-state index in [1.165, 1.54) is 12.8 Å². The van der Waals surface area contributed by atoms with Crippen molar-refractivity contribution in [2.24, 2.45) is 0 Å². The number of carbonyl (C=O) groups is 2. The van der Waals surface area contributed by atoms with E-state index in [4.69, 9.17) is 18.9 Å². The molecular formula is C45H76O12S. The maximum Gasteiger partial charge on any atom is 0.306 e. The number of esters is 2. The van der Waals surface area contributed by atoms with Crippen LogP contribution in [0.2, 0.25) is 0 Å². The monoisotopic (exact) mass is 841 g/mol. The summed E-state index contributed by atoms with van der Waals surface area (Å²) < 4.78 is 54.0. The maximum atomic E-state index is 12.8. The van der Waals surface area contributed by atoms with E-state index < -0.39 is 71.2 Å². The molecule has 334 valence electrons. The molecule has 12 nitrogen and oxygen atoms in total. The normalized spacial score (nSPS) is 21.0. The fourth-order valence-electron chi connectivity index (χ4n) is 6.18. The van der Waals surface area contributed by atoms with E-state index >= 15 is 0 Å². The average Bonchev–Trinajstić information content (AvgIpc) is 3.18. The van der Waals surface area contributed by atoms with Crippen LogP contribution in [0.4, 0.5) is 0 Å². The van der Waals surface area contributed by atoms with Crippen LogP contribution in [-0.2, 0) is 38.7 Å². The summed E-state index contributed by atoms with van der Waals surface area (Å²) in [6, 6.07) is 0. The largest absolute Gasteiger partial charge is 0.462 e. The number of rotatable bonds is 35. The van der Waals surface area contributed by atoms with Crippen LogP contribution in [0.15, 0.2) is 60.8 Å². The zero-order chi connectivity index (χ0) is 42.7. The van der Waals surface area contributed by atoms with Crippen LogP contribution in [0.25, 0.3) is 0 Å². The Morgan fingerprint density at radius 3 is 1.64 bits per heavy atom. The van der Waals surface area contributed by atoms with Gasteiger partial charge in [-0.3, -0.25) is 14.1 Å². The van der Waals surface area contributed by atoms with Crippen LogP contribution in [0.1, 0.15) is 155 Å². The third-order valence-corrected chi connectivity index (χ3v) is 10.3. The lowest BCUT2D eigenvalue weighted by atomic mass is 10.00. The summed E-state index contributed by atoms with van der Waals surface area (Å²) in [5.41, 5.74) is 0. The topological polar surface area (TPSA) is 186 Å². The first kappa shape index (κ1) is 53.4. The lowest BCUT2D eigenvalue weighted by Crippen LogP contribution is -2.60. The first-order valence-corrected chi connectivity index (χ1v) is 23.5. The molecule has 0 amide bonds. The fourth-order valence-corrected chi connectivity index (χ4v) is 6.87. The van der Waals surface area contributed by atoms with Gasteiger partial charge in [-0.2, -0.15) is 8.42 Å². The van der Waals surface area contributed by atoms with Gasteiger partial charge in [0.1, 0.15) is 36.8 Å². The van der Waals surface area contributed by atoms with E-state index in [1.807, 2.05) is 0 Å². The molecule has 58 heavy (non-hydrogen) atoms. The van der Waals surface area contributed by atoms with Gasteiger partial charge in [-0.05, 0) is 70.6 Å². The number of unbranched alkanes of at least 4 members (excludes halogenated alkanes) is 13. The molecule has 0 bridgehead atoms. The van der Waals surface area contributed by atoms with Crippen LogP contribution >= 0.6 is 0 Å². The van der Waals surface area contributed by atoms with Gasteiger partial charge in [0.05, 0.1) is 6.61 Å². The Morgan fingerprint density at radius 2 is 1.09 bits per heavy atom. The summed E-state index contributed by atoms with van der Waals surface area (Å²) in [4.78, 5) is 25.3. The lowest BCUT2D eigenvalue weighted by molar-refractivity contribution is -0.297. The minimum atomic E-state index is -4.61. The molecule has 1 rings (SSSR count). The lowest BCUT2D eigenvalue weighted by Gasteiger charge is -2.40. The number of aliphatic hydroxyl groups is 3. The number of hydrogen-bond donors (Lipinski definition) is 4. The number of hydrogen-bond acceptors (Lipinski definition) is 11. The molecule has 6 unspecified atom stereocenters. The second-order valence-corrected chi connectivity index (χ2v) is 16.5. The van der Waals surface area contributed by atoms with E-state index in [2.05, 4.69) is 74.6 Å². The minimum Gasteiger partial charge on any atom is -0.462 e. The molecule has 0 aromatic rings. The van der Waals surface area contributed by atoms with Crippen molar-refractivity contribution >= 4 is 22.1 Å². The molecular weight excluding hydrogens is 765 g/mol. The molecule has 4 N–H and O–H groups in total. The van der Waals surface area contributed by atoms with Gasteiger partial charge >= 0.3 is 11.9 Å². The molecule has 6 atom stereocenters. The number of carbonyl (C=O) groups excluding carboxylic acids is 2. The van der Waals surface area contributed by atoms with Crippen molar-refractivity contribution in [3.05, 3.63) is 60.8 Å². The zero-order valence-corrected chi connectivity index (χ0v) is 36.2. The standard InChI is InChI=1S/C45H76O12S/c1-3-5-7-9-11-13-15-16-17-18-19-20-21-22-24-26-28-30-32-34-41(47)56-38(35-54-40(46)33-31-29-27-25-23-14-12-10-8-6-4-2)36-55-45-44(50)43(49)42(48)39(57-45)37-58(51,52)53/h5,7,10-13,16-17,19-20,38-39,42-45,48-50H,3-4,6,8-9,14-15,18,21-37H2,1-2H3,(H,51,52,53)/b7-5-,12-10-,13-11-,17-16-,20-19-. The fraction of sp³-hybridized carbons (Fsp3) is 0.733. The Kier molecular flexibility index (Phi) is 32.3. The predicted octanol–water partition coefficient (Wildman–Crippen LogP) is 8.56. The highest BCUT2D eigenvalue weighted by atomic mass is 32.2. The highest BCUT2D eigenvalue weighted by Gasteiger charge is 2.46. The highest BCUT2D eigenvalue weighted by molar-refractivity contribution is 7.85. The maximum absolute atomic E-state index is 12.8. The van der Waals surface area contributed by atoms with Gasteiger partial charge in [-0.15, -0.1) is 0 Å². The van der Waals surface area contributed by atoms with Crippen molar-refractivity contribution in [1.29, 1.82) is 0 Å².